The third-order valence-electron chi connectivity index (χ3n) is 4.05. The summed E-state index contributed by atoms with van der Waals surface area (Å²) in [6.45, 7) is 10.0. The quantitative estimate of drug-likeness (QED) is 0.738. The van der Waals surface area contributed by atoms with E-state index in [1.165, 1.54) is 12.8 Å². The van der Waals surface area contributed by atoms with Gasteiger partial charge in [0.25, 0.3) is 0 Å². The molecular weight excluding hydrogens is 238 g/mol. The minimum atomic E-state index is 0.154. The van der Waals surface area contributed by atoms with Crippen molar-refractivity contribution in [2.24, 2.45) is 17.6 Å². The minimum absolute atomic E-state index is 0.154. The second-order valence-electron chi connectivity index (χ2n) is 6.23. The Morgan fingerprint density at radius 3 is 2.74 bits per heavy atom. The molecule has 0 saturated carbocycles. The molecule has 112 valence electrons. The van der Waals surface area contributed by atoms with Crippen LogP contribution in [0, 0.1) is 11.8 Å². The highest BCUT2D eigenvalue weighted by atomic mass is 16.1. The van der Waals surface area contributed by atoms with Gasteiger partial charge in [-0.2, -0.15) is 0 Å². The first-order chi connectivity index (χ1) is 9.04. The molecule has 2 unspecified atom stereocenters. The van der Waals surface area contributed by atoms with E-state index in [-0.39, 0.29) is 11.8 Å². The van der Waals surface area contributed by atoms with E-state index < -0.39 is 0 Å². The topological polar surface area (TPSA) is 58.4 Å². The average molecular weight is 269 g/mol. The van der Waals surface area contributed by atoms with Crippen LogP contribution < -0.4 is 11.1 Å². The van der Waals surface area contributed by atoms with Crippen molar-refractivity contribution >= 4 is 5.91 Å². The zero-order valence-corrected chi connectivity index (χ0v) is 12.8. The maximum Gasteiger partial charge on any atom is 0.224 e. The van der Waals surface area contributed by atoms with Gasteiger partial charge in [-0.1, -0.05) is 13.8 Å². The molecule has 0 bridgehead atoms. The number of likely N-dealkylation sites (tertiary alicyclic amines) is 1. The predicted molar refractivity (Wildman–Crippen MR) is 79.9 cm³/mol. The van der Waals surface area contributed by atoms with Crippen molar-refractivity contribution in [2.45, 2.75) is 52.5 Å². The summed E-state index contributed by atoms with van der Waals surface area (Å²) in [6, 6.07) is 0.590. The lowest BCUT2D eigenvalue weighted by Crippen LogP contribution is -2.47. The van der Waals surface area contributed by atoms with Crippen molar-refractivity contribution in [1.29, 1.82) is 0 Å². The summed E-state index contributed by atoms with van der Waals surface area (Å²) in [4.78, 5) is 14.5. The van der Waals surface area contributed by atoms with Crippen LogP contribution >= 0.6 is 0 Å². The number of hydrogen-bond donors (Lipinski definition) is 2. The Labute approximate surface area is 118 Å². The molecule has 0 aromatic rings. The molecule has 0 aromatic heterocycles. The molecule has 1 fully saturated rings. The first-order valence-corrected chi connectivity index (χ1v) is 7.76. The number of nitrogens with zero attached hydrogens (tertiary/aromatic N) is 1. The largest absolute Gasteiger partial charge is 0.355 e. The van der Waals surface area contributed by atoms with E-state index in [0.717, 1.165) is 31.8 Å². The van der Waals surface area contributed by atoms with Gasteiger partial charge in [-0.05, 0) is 45.1 Å². The molecule has 0 spiro atoms. The van der Waals surface area contributed by atoms with Gasteiger partial charge in [0.15, 0.2) is 0 Å². The standard InChI is InChI=1S/C15H31N3O/c1-12(2)6-7-13(3)18-10-4-5-14(11-18)15(19)17-9-8-16/h12-14H,4-11,16H2,1-3H3,(H,17,19). The molecule has 1 rings (SSSR count). The molecule has 2 atom stereocenters. The SMILES string of the molecule is CC(C)CCC(C)N1CCCC(C(=O)NCCN)C1. The molecule has 1 aliphatic rings. The average Bonchev–Trinajstić information content (AvgIpc) is 2.42. The minimum Gasteiger partial charge on any atom is -0.355 e. The van der Waals surface area contributed by atoms with E-state index in [9.17, 15) is 4.79 Å². The van der Waals surface area contributed by atoms with Gasteiger partial charge in [0.2, 0.25) is 5.91 Å². The predicted octanol–water partition coefficient (Wildman–Crippen LogP) is 1.60. The maximum atomic E-state index is 12.0. The Morgan fingerprint density at radius 1 is 1.37 bits per heavy atom. The van der Waals surface area contributed by atoms with Crippen LogP contribution in [-0.4, -0.2) is 43.0 Å². The Morgan fingerprint density at radius 2 is 2.11 bits per heavy atom. The van der Waals surface area contributed by atoms with Crippen molar-refractivity contribution in [3.8, 4) is 0 Å². The van der Waals surface area contributed by atoms with Crippen LogP contribution in [0.15, 0.2) is 0 Å². The Balaban J connectivity index is 2.38. The molecular formula is C15H31N3O. The summed E-state index contributed by atoms with van der Waals surface area (Å²) in [7, 11) is 0. The second-order valence-corrected chi connectivity index (χ2v) is 6.23. The summed E-state index contributed by atoms with van der Waals surface area (Å²) in [6.07, 6.45) is 4.65. The smallest absolute Gasteiger partial charge is 0.224 e. The summed E-state index contributed by atoms with van der Waals surface area (Å²) in [5, 5.41) is 2.92. The van der Waals surface area contributed by atoms with Crippen LogP contribution in [0.1, 0.15) is 46.5 Å². The molecule has 4 nitrogen and oxygen atoms in total. The number of nitrogens with two attached hydrogens (primary N) is 1. The van der Waals surface area contributed by atoms with Crippen molar-refractivity contribution in [1.82, 2.24) is 10.2 Å². The van der Waals surface area contributed by atoms with Crippen molar-refractivity contribution in [2.75, 3.05) is 26.2 Å². The lowest BCUT2D eigenvalue weighted by molar-refractivity contribution is -0.126. The number of carbonyl (C=O) groups is 1. The number of carbonyl (C=O) groups excluding carboxylic acids is 1. The Kier molecular flexibility index (Phi) is 7.39. The Hall–Kier alpha value is -0.610. The highest BCUT2D eigenvalue weighted by molar-refractivity contribution is 5.78. The normalized spacial score (nSPS) is 22.5. The van der Waals surface area contributed by atoms with Crippen LogP contribution in [0.4, 0.5) is 0 Å². The molecule has 0 aromatic carbocycles. The second kappa shape index (κ2) is 8.54. The van der Waals surface area contributed by atoms with Crippen molar-refractivity contribution in [3.63, 3.8) is 0 Å². The zero-order chi connectivity index (χ0) is 14.3. The van der Waals surface area contributed by atoms with Crippen LogP contribution in [0.3, 0.4) is 0 Å². The van der Waals surface area contributed by atoms with Gasteiger partial charge in [-0.15, -0.1) is 0 Å². The van der Waals surface area contributed by atoms with Gasteiger partial charge in [-0.25, -0.2) is 0 Å². The monoisotopic (exact) mass is 269 g/mol. The molecule has 0 radical (unpaired) electrons. The molecule has 19 heavy (non-hydrogen) atoms. The summed E-state index contributed by atoms with van der Waals surface area (Å²) in [5.74, 6) is 1.10. The number of hydrogen-bond acceptors (Lipinski definition) is 3. The fourth-order valence-electron chi connectivity index (χ4n) is 2.72. The van der Waals surface area contributed by atoms with E-state index >= 15 is 0 Å². The number of amides is 1. The molecule has 4 heteroatoms. The van der Waals surface area contributed by atoms with Crippen LogP contribution in [-0.2, 0) is 4.79 Å². The number of nitrogens with one attached hydrogen (secondary N) is 1. The summed E-state index contributed by atoms with van der Waals surface area (Å²) in [5.41, 5.74) is 5.42. The fraction of sp³-hybridized carbons (Fsp3) is 0.933. The first kappa shape index (κ1) is 16.4. The van der Waals surface area contributed by atoms with Gasteiger partial charge in [0.05, 0.1) is 5.92 Å². The van der Waals surface area contributed by atoms with Crippen LogP contribution in [0.5, 0.6) is 0 Å². The van der Waals surface area contributed by atoms with Crippen molar-refractivity contribution < 1.29 is 4.79 Å². The molecule has 1 amide bonds. The lowest BCUT2D eigenvalue weighted by Gasteiger charge is -2.36. The van der Waals surface area contributed by atoms with Gasteiger partial charge < -0.3 is 11.1 Å². The number of piperidine rings is 1. The third kappa shape index (κ3) is 5.91. The van der Waals surface area contributed by atoms with E-state index in [2.05, 4.69) is 31.0 Å². The van der Waals surface area contributed by atoms with Crippen molar-refractivity contribution in [3.05, 3.63) is 0 Å². The lowest BCUT2D eigenvalue weighted by atomic mass is 9.94. The maximum absolute atomic E-state index is 12.0. The van der Waals surface area contributed by atoms with Gasteiger partial charge >= 0.3 is 0 Å². The molecule has 1 saturated heterocycles. The summed E-state index contributed by atoms with van der Waals surface area (Å²) < 4.78 is 0. The first-order valence-electron chi connectivity index (χ1n) is 7.76. The fourth-order valence-corrected chi connectivity index (χ4v) is 2.72. The van der Waals surface area contributed by atoms with Gasteiger partial charge in [0, 0.05) is 25.7 Å². The van der Waals surface area contributed by atoms with E-state index in [4.69, 9.17) is 5.73 Å². The third-order valence-corrected chi connectivity index (χ3v) is 4.05. The number of rotatable bonds is 7. The van der Waals surface area contributed by atoms with Crippen LogP contribution in [0.25, 0.3) is 0 Å². The van der Waals surface area contributed by atoms with Gasteiger partial charge in [0.1, 0.15) is 0 Å². The summed E-state index contributed by atoms with van der Waals surface area (Å²) >= 11 is 0. The zero-order valence-electron chi connectivity index (χ0n) is 12.8. The highest BCUT2D eigenvalue weighted by Gasteiger charge is 2.27. The van der Waals surface area contributed by atoms with E-state index in [1.54, 1.807) is 0 Å². The van der Waals surface area contributed by atoms with E-state index in [1.807, 2.05) is 0 Å². The molecule has 1 aliphatic heterocycles. The van der Waals surface area contributed by atoms with Crippen LogP contribution in [0.2, 0.25) is 0 Å². The molecule has 0 aliphatic carbocycles. The highest BCUT2D eigenvalue weighted by Crippen LogP contribution is 2.21. The Bertz CT molecular complexity index is 268. The molecule has 1 heterocycles. The van der Waals surface area contributed by atoms with E-state index in [0.29, 0.717) is 19.1 Å². The van der Waals surface area contributed by atoms with Gasteiger partial charge in [-0.3, -0.25) is 9.69 Å². The molecule has 3 N–H and O–H groups in total.